The third-order valence-corrected chi connectivity index (χ3v) is 5.60. The molecule has 0 unspecified atom stereocenters. The number of nitrogens with one attached hydrogen (secondary N) is 1. The molecule has 0 atom stereocenters. The molecule has 0 amide bonds. The lowest BCUT2D eigenvalue weighted by atomic mass is 10.0. The minimum Gasteiger partial charge on any atom is -0.365 e. The van der Waals surface area contributed by atoms with Crippen molar-refractivity contribution in [1.29, 1.82) is 0 Å². The Morgan fingerprint density at radius 2 is 1.78 bits per heavy atom. The van der Waals surface area contributed by atoms with Gasteiger partial charge in [0.1, 0.15) is 10.7 Å². The molecule has 1 saturated carbocycles. The molecule has 2 rings (SSSR count). The first-order chi connectivity index (χ1) is 8.08. The fourth-order valence-electron chi connectivity index (χ4n) is 2.49. The van der Waals surface area contributed by atoms with Crippen molar-refractivity contribution in [3.8, 4) is 0 Å². The summed E-state index contributed by atoms with van der Waals surface area (Å²) >= 11 is 0. The molecule has 18 heavy (non-hydrogen) atoms. The number of pyridine rings is 1. The fourth-order valence-corrected chi connectivity index (χ4v) is 3.28. The van der Waals surface area contributed by atoms with E-state index in [1.54, 1.807) is 18.3 Å². The van der Waals surface area contributed by atoms with Gasteiger partial charge in [-0.1, -0.05) is 27.7 Å². The monoisotopic (exact) mass is 268 g/mol. The summed E-state index contributed by atoms with van der Waals surface area (Å²) in [7, 11) is -3.25. The predicted molar refractivity (Wildman–Crippen MR) is 72.3 cm³/mol. The molecule has 0 aliphatic heterocycles. The molecule has 0 bridgehead atoms. The van der Waals surface area contributed by atoms with Gasteiger partial charge in [0.15, 0.2) is 9.84 Å². The highest BCUT2D eigenvalue weighted by Gasteiger charge is 2.65. The average Bonchev–Trinajstić information content (AvgIpc) is 2.60. The maximum Gasteiger partial charge on any atom is 0.179 e. The molecule has 100 valence electrons. The molecule has 1 aromatic heterocycles. The predicted octanol–water partition coefficient (Wildman–Crippen LogP) is 2.33. The van der Waals surface area contributed by atoms with Crippen molar-refractivity contribution in [2.45, 2.75) is 38.6 Å². The summed E-state index contributed by atoms with van der Waals surface area (Å²) in [6.45, 7) is 8.70. The first kappa shape index (κ1) is 13.3. The van der Waals surface area contributed by atoms with Crippen LogP contribution in [0.1, 0.15) is 27.7 Å². The first-order valence-corrected chi connectivity index (χ1v) is 7.89. The van der Waals surface area contributed by atoms with E-state index in [2.05, 4.69) is 38.0 Å². The van der Waals surface area contributed by atoms with Crippen molar-refractivity contribution < 1.29 is 8.42 Å². The summed E-state index contributed by atoms with van der Waals surface area (Å²) in [4.78, 5) is 4.43. The van der Waals surface area contributed by atoms with E-state index in [0.29, 0.717) is 5.82 Å². The molecule has 0 aromatic carbocycles. The second-order valence-corrected chi connectivity index (χ2v) is 8.13. The van der Waals surface area contributed by atoms with Crippen LogP contribution < -0.4 is 5.32 Å². The van der Waals surface area contributed by atoms with Gasteiger partial charge in [-0.2, -0.15) is 0 Å². The number of aromatic nitrogens is 1. The molecule has 0 spiro atoms. The highest BCUT2D eigenvalue weighted by Crippen LogP contribution is 2.63. The van der Waals surface area contributed by atoms with Crippen LogP contribution in [-0.2, 0) is 9.84 Å². The number of rotatable bonds is 3. The Labute approximate surface area is 109 Å². The lowest BCUT2D eigenvalue weighted by Crippen LogP contribution is -2.14. The van der Waals surface area contributed by atoms with Crippen LogP contribution >= 0.6 is 0 Å². The number of sulfone groups is 1. The third-order valence-electron chi connectivity index (χ3n) is 4.47. The van der Waals surface area contributed by atoms with Crippen LogP contribution in [0, 0.1) is 10.8 Å². The number of hydrogen-bond acceptors (Lipinski definition) is 4. The molecule has 1 heterocycles. The second kappa shape index (κ2) is 3.70. The lowest BCUT2D eigenvalue weighted by Gasteiger charge is -2.10. The van der Waals surface area contributed by atoms with Crippen LogP contribution in [0.3, 0.4) is 0 Å². The van der Waals surface area contributed by atoms with Gasteiger partial charge in [0.05, 0.1) is 0 Å². The summed E-state index contributed by atoms with van der Waals surface area (Å²) in [5.74, 6) is 0.462. The normalized spacial score (nSPS) is 21.6. The Morgan fingerprint density at radius 3 is 2.22 bits per heavy atom. The molecule has 0 saturated heterocycles. The zero-order valence-electron chi connectivity index (χ0n) is 11.5. The molecule has 1 aliphatic carbocycles. The largest absolute Gasteiger partial charge is 0.365 e. The van der Waals surface area contributed by atoms with Crippen LogP contribution in [0.25, 0.3) is 0 Å². The molecule has 0 radical (unpaired) electrons. The van der Waals surface area contributed by atoms with E-state index >= 15 is 0 Å². The SMILES string of the molecule is CC1(C)C(Nc2ncccc2S(C)(=O)=O)C1(C)C. The highest BCUT2D eigenvalue weighted by atomic mass is 32.2. The third kappa shape index (κ3) is 1.90. The van der Waals surface area contributed by atoms with Crippen LogP contribution in [0.2, 0.25) is 0 Å². The van der Waals surface area contributed by atoms with E-state index in [1.165, 1.54) is 6.26 Å². The zero-order valence-corrected chi connectivity index (χ0v) is 12.3. The van der Waals surface area contributed by atoms with Gasteiger partial charge in [-0.05, 0) is 23.0 Å². The van der Waals surface area contributed by atoms with E-state index in [0.717, 1.165) is 0 Å². The molecule has 4 nitrogen and oxygen atoms in total. The second-order valence-electron chi connectivity index (χ2n) is 6.14. The van der Waals surface area contributed by atoms with Gasteiger partial charge >= 0.3 is 0 Å². The molecule has 1 fully saturated rings. The van der Waals surface area contributed by atoms with Crippen molar-refractivity contribution in [2.24, 2.45) is 10.8 Å². The van der Waals surface area contributed by atoms with Gasteiger partial charge in [-0.15, -0.1) is 0 Å². The number of anilines is 1. The zero-order chi connectivity index (χ0) is 13.8. The Bertz CT molecular complexity index is 562. The maximum absolute atomic E-state index is 11.7. The fraction of sp³-hybridized carbons (Fsp3) is 0.615. The summed E-state index contributed by atoms with van der Waals surface area (Å²) in [6.07, 6.45) is 2.82. The average molecular weight is 268 g/mol. The van der Waals surface area contributed by atoms with Crippen LogP contribution in [-0.4, -0.2) is 25.7 Å². The van der Waals surface area contributed by atoms with Crippen molar-refractivity contribution in [3.05, 3.63) is 18.3 Å². The van der Waals surface area contributed by atoms with Crippen LogP contribution in [0.15, 0.2) is 23.2 Å². The number of nitrogens with zero attached hydrogens (tertiary/aromatic N) is 1. The summed E-state index contributed by atoms with van der Waals surface area (Å²) < 4.78 is 23.4. The van der Waals surface area contributed by atoms with Gasteiger partial charge in [-0.25, -0.2) is 13.4 Å². The molecular weight excluding hydrogens is 248 g/mol. The van der Waals surface area contributed by atoms with E-state index in [4.69, 9.17) is 0 Å². The topological polar surface area (TPSA) is 59.1 Å². The van der Waals surface area contributed by atoms with Crippen molar-refractivity contribution in [1.82, 2.24) is 4.98 Å². The molecule has 5 heteroatoms. The van der Waals surface area contributed by atoms with E-state index in [1.807, 2.05) is 0 Å². The van der Waals surface area contributed by atoms with Crippen molar-refractivity contribution in [2.75, 3.05) is 11.6 Å². The number of hydrogen-bond donors (Lipinski definition) is 1. The van der Waals surface area contributed by atoms with Gasteiger partial charge < -0.3 is 5.32 Å². The Balaban J connectivity index is 2.33. The molecule has 1 N–H and O–H groups in total. The summed E-state index contributed by atoms with van der Waals surface area (Å²) in [6, 6.07) is 3.47. The van der Waals surface area contributed by atoms with Crippen LogP contribution in [0.5, 0.6) is 0 Å². The quantitative estimate of drug-likeness (QED) is 0.914. The minimum absolute atomic E-state index is 0.138. The standard InChI is InChI=1S/C13H20N2O2S/c1-12(2)11(13(12,3)4)15-10-9(18(5,16)17)7-6-8-14-10/h6-8,11H,1-5H3,(H,14,15). The first-order valence-electron chi connectivity index (χ1n) is 6.00. The van der Waals surface area contributed by atoms with Crippen molar-refractivity contribution >= 4 is 15.7 Å². The smallest absolute Gasteiger partial charge is 0.179 e. The summed E-state index contributed by atoms with van der Waals surface area (Å²) in [5.41, 5.74) is 0.276. The lowest BCUT2D eigenvalue weighted by molar-refractivity contribution is 0.457. The van der Waals surface area contributed by atoms with Gasteiger partial charge in [0, 0.05) is 18.5 Å². The maximum atomic E-state index is 11.7. The molecule has 1 aliphatic rings. The Morgan fingerprint density at radius 1 is 1.22 bits per heavy atom. The highest BCUT2D eigenvalue weighted by molar-refractivity contribution is 7.90. The molecule has 1 aromatic rings. The van der Waals surface area contributed by atoms with E-state index < -0.39 is 9.84 Å². The Hall–Kier alpha value is -1.10. The Kier molecular flexibility index (Phi) is 2.74. The van der Waals surface area contributed by atoms with Gasteiger partial charge in [0.25, 0.3) is 0 Å². The van der Waals surface area contributed by atoms with Gasteiger partial charge in [0.2, 0.25) is 0 Å². The molecular formula is C13H20N2O2S. The van der Waals surface area contributed by atoms with Crippen LogP contribution in [0.4, 0.5) is 5.82 Å². The van der Waals surface area contributed by atoms with E-state index in [-0.39, 0.29) is 21.8 Å². The van der Waals surface area contributed by atoms with Crippen molar-refractivity contribution in [3.63, 3.8) is 0 Å². The summed E-state index contributed by atoms with van der Waals surface area (Å²) in [5, 5.41) is 3.28. The minimum atomic E-state index is -3.25. The van der Waals surface area contributed by atoms with Gasteiger partial charge in [-0.3, -0.25) is 0 Å². The van der Waals surface area contributed by atoms with E-state index in [9.17, 15) is 8.42 Å².